The van der Waals surface area contributed by atoms with Gasteiger partial charge in [0.2, 0.25) is 0 Å². The van der Waals surface area contributed by atoms with Crippen LogP contribution in [0, 0.1) is 23.2 Å². The maximum Gasteiger partial charge on any atom is 0.0367 e. The molecule has 1 aromatic rings. The normalized spacial score (nSPS) is 26.5. The van der Waals surface area contributed by atoms with E-state index in [9.17, 15) is 0 Å². The average molecular weight is 351 g/mol. The quantitative estimate of drug-likeness (QED) is 0.620. The molecule has 2 nitrogen and oxygen atoms in total. The van der Waals surface area contributed by atoms with Gasteiger partial charge in [-0.25, -0.2) is 0 Å². The number of aromatic nitrogens is 1. The summed E-state index contributed by atoms with van der Waals surface area (Å²) in [5, 5.41) is 0.356. The van der Waals surface area contributed by atoms with Crippen LogP contribution in [0.15, 0.2) is 24.5 Å². The molecule has 136 valence electrons. The van der Waals surface area contributed by atoms with E-state index in [-0.39, 0.29) is 0 Å². The molecule has 0 bridgehead atoms. The second kappa shape index (κ2) is 8.67. The Hall–Kier alpha value is -0.600. The molecule has 1 aliphatic carbocycles. The molecule has 1 heterocycles. The SMILES string of the molecule is CC(CC1CCC(C(C)(C)C)CC1Cl)CN(C)Cc1cccnc1. The Labute approximate surface area is 154 Å². The molecule has 0 spiro atoms. The summed E-state index contributed by atoms with van der Waals surface area (Å²) in [7, 11) is 2.21. The minimum Gasteiger partial charge on any atom is -0.302 e. The first-order valence-corrected chi connectivity index (χ1v) is 9.91. The van der Waals surface area contributed by atoms with Crippen molar-refractivity contribution < 1.29 is 0 Å². The number of hydrogen-bond donors (Lipinski definition) is 0. The van der Waals surface area contributed by atoms with Gasteiger partial charge in [0.05, 0.1) is 0 Å². The Balaban J connectivity index is 1.77. The molecule has 1 aliphatic rings. The predicted molar refractivity (Wildman–Crippen MR) is 104 cm³/mol. The first-order valence-electron chi connectivity index (χ1n) is 9.47. The molecule has 4 unspecified atom stereocenters. The lowest BCUT2D eigenvalue weighted by Crippen LogP contribution is -2.34. The molecule has 3 heteroatoms. The Kier molecular flexibility index (Phi) is 7.12. The summed E-state index contributed by atoms with van der Waals surface area (Å²) in [6.07, 6.45) is 8.88. The summed E-state index contributed by atoms with van der Waals surface area (Å²) in [5.74, 6) is 2.15. The van der Waals surface area contributed by atoms with Gasteiger partial charge in [-0.1, -0.05) is 33.8 Å². The van der Waals surface area contributed by atoms with Gasteiger partial charge in [-0.2, -0.15) is 0 Å². The standard InChI is InChI=1S/C21H35ClN2/c1-16(14-24(5)15-17-7-6-10-23-13-17)11-18-8-9-19(12-20(18)22)21(2,3)4/h6-7,10,13,16,18-20H,8-9,11-12,14-15H2,1-5H3. The third-order valence-electron chi connectivity index (χ3n) is 5.64. The zero-order chi connectivity index (χ0) is 17.7. The van der Waals surface area contributed by atoms with Crippen molar-refractivity contribution in [3.8, 4) is 0 Å². The minimum absolute atomic E-state index is 0.356. The molecule has 1 aromatic heterocycles. The molecule has 0 aromatic carbocycles. The second-order valence-corrected chi connectivity index (χ2v) is 9.61. The Bertz CT molecular complexity index is 482. The molecule has 0 radical (unpaired) electrons. The van der Waals surface area contributed by atoms with Crippen molar-refractivity contribution in [3.63, 3.8) is 0 Å². The summed E-state index contributed by atoms with van der Waals surface area (Å²) < 4.78 is 0. The van der Waals surface area contributed by atoms with E-state index >= 15 is 0 Å². The highest BCUT2D eigenvalue weighted by Crippen LogP contribution is 2.43. The highest BCUT2D eigenvalue weighted by Gasteiger charge is 2.35. The Morgan fingerprint density at radius 1 is 1.33 bits per heavy atom. The molecule has 0 saturated heterocycles. The van der Waals surface area contributed by atoms with Crippen LogP contribution in [-0.2, 0) is 6.54 Å². The predicted octanol–water partition coefficient (Wildman–Crippen LogP) is 5.61. The van der Waals surface area contributed by atoms with E-state index < -0.39 is 0 Å². The molecule has 2 rings (SSSR count). The number of nitrogens with zero attached hydrogens (tertiary/aromatic N) is 2. The van der Waals surface area contributed by atoms with Crippen LogP contribution < -0.4 is 0 Å². The van der Waals surface area contributed by atoms with Gasteiger partial charge in [-0.05, 0) is 67.5 Å². The number of alkyl halides is 1. The molecular weight excluding hydrogens is 316 g/mol. The van der Waals surface area contributed by atoms with Gasteiger partial charge in [0.25, 0.3) is 0 Å². The fraction of sp³-hybridized carbons (Fsp3) is 0.762. The monoisotopic (exact) mass is 350 g/mol. The zero-order valence-electron chi connectivity index (χ0n) is 16.1. The van der Waals surface area contributed by atoms with Crippen molar-refractivity contribution in [2.75, 3.05) is 13.6 Å². The van der Waals surface area contributed by atoms with E-state index in [1.165, 1.54) is 31.2 Å². The van der Waals surface area contributed by atoms with Crippen molar-refractivity contribution >= 4 is 11.6 Å². The van der Waals surface area contributed by atoms with E-state index in [1.807, 2.05) is 18.5 Å². The van der Waals surface area contributed by atoms with Gasteiger partial charge >= 0.3 is 0 Å². The maximum absolute atomic E-state index is 6.77. The molecule has 1 saturated carbocycles. The Morgan fingerprint density at radius 3 is 2.67 bits per heavy atom. The topological polar surface area (TPSA) is 16.1 Å². The number of pyridine rings is 1. The fourth-order valence-corrected chi connectivity index (χ4v) is 4.67. The van der Waals surface area contributed by atoms with Crippen molar-refractivity contribution in [2.45, 2.75) is 65.3 Å². The van der Waals surface area contributed by atoms with Crippen molar-refractivity contribution in [1.82, 2.24) is 9.88 Å². The summed E-state index contributed by atoms with van der Waals surface area (Å²) in [5.41, 5.74) is 1.68. The van der Waals surface area contributed by atoms with E-state index in [1.54, 1.807) is 0 Å². The third kappa shape index (κ3) is 6.04. The molecule has 0 amide bonds. The first kappa shape index (κ1) is 19.7. The molecule has 24 heavy (non-hydrogen) atoms. The zero-order valence-corrected chi connectivity index (χ0v) is 16.9. The second-order valence-electron chi connectivity index (χ2n) is 9.05. The molecule has 0 aliphatic heterocycles. The highest BCUT2D eigenvalue weighted by molar-refractivity contribution is 6.20. The average Bonchev–Trinajstić information content (AvgIpc) is 2.49. The maximum atomic E-state index is 6.77. The van der Waals surface area contributed by atoms with Gasteiger partial charge in [0.15, 0.2) is 0 Å². The van der Waals surface area contributed by atoms with Crippen molar-refractivity contribution in [2.24, 2.45) is 23.2 Å². The van der Waals surface area contributed by atoms with Crippen LogP contribution in [-0.4, -0.2) is 28.9 Å². The van der Waals surface area contributed by atoms with Gasteiger partial charge in [0, 0.05) is 30.9 Å². The van der Waals surface area contributed by atoms with Crippen LogP contribution in [0.1, 0.15) is 58.9 Å². The summed E-state index contributed by atoms with van der Waals surface area (Å²) in [6, 6.07) is 4.16. The van der Waals surface area contributed by atoms with Crippen LogP contribution >= 0.6 is 11.6 Å². The summed E-state index contributed by atoms with van der Waals surface area (Å²) >= 11 is 6.77. The lowest BCUT2D eigenvalue weighted by Gasteiger charge is -2.40. The highest BCUT2D eigenvalue weighted by atomic mass is 35.5. The fourth-order valence-electron chi connectivity index (χ4n) is 4.22. The van der Waals surface area contributed by atoms with E-state index in [0.29, 0.717) is 22.6 Å². The van der Waals surface area contributed by atoms with Crippen LogP contribution in [0.25, 0.3) is 0 Å². The smallest absolute Gasteiger partial charge is 0.0367 e. The van der Waals surface area contributed by atoms with Gasteiger partial charge in [0.1, 0.15) is 0 Å². The van der Waals surface area contributed by atoms with Crippen molar-refractivity contribution in [1.29, 1.82) is 0 Å². The van der Waals surface area contributed by atoms with E-state index in [2.05, 4.69) is 50.7 Å². The summed E-state index contributed by atoms with van der Waals surface area (Å²) in [4.78, 5) is 6.61. The van der Waals surface area contributed by atoms with Gasteiger partial charge < -0.3 is 4.90 Å². The summed E-state index contributed by atoms with van der Waals surface area (Å²) in [6.45, 7) is 11.5. The number of halogens is 1. The molecule has 0 N–H and O–H groups in total. The van der Waals surface area contributed by atoms with Gasteiger partial charge in [-0.15, -0.1) is 11.6 Å². The molecule has 4 atom stereocenters. The first-order chi connectivity index (χ1) is 11.3. The van der Waals surface area contributed by atoms with Crippen LogP contribution in [0.3, 0.4) is 0 Å². The van der Waals surface area contributed by atoms with Crippen LogP contribution in [0.5, 0.6) is 0 Å². The molecular formula is C21H35ClN2. The van der Waals surface area contributed by atoms with Gasteiger partial charge in [-0.3, -0.25) is 4.98 Å². The minimum atomic E-state index is 0.356. The van der Waals surface area contributed by atoms with Crippen LogP contribution in [0.4, 0.5) is 0 Å². The molecule has 1 fully saturated rings. The van der Waals surface area contributed by atoms with E-state index in [4.69, 9.17) is 11.6 Å². The third-order valence-corrected chi connectivity index (χ3v) is 6.17. The van der Waals surface area contributed by atoms with E-state index in [0.717, 1.165) is 19.0 Å². The lowest BCUT2D eigenvalue weighted by molar-refractivity contribution is 0.138. The van der Waals surface area contributed by atoms with Crippen LogP contribution in [0.2, 0.25) is 0 Å². The lowest BCUT2D eigenvalue weighted by atomic mass is 9.68. The number of rotatable bonds is 6. The largest absolute Gasteiger partial charge is 0.302 e. The Morgan fingerprint density at radius 2 is 2.08 bits per heavy atom. The van der Waals surface area contributed by atoms with Crippen molar-refractivity contribution in [3.05, 3.63) is 30.1 Å². The number of hydrogen-bond acceptors (Lipinski definition) is 2.